The number of urea groups is 1. The van der Waals surface area contributed by atoms with Crippen molar-refractivity contribution in [2.45, 2.75) is 12.8 Å². The first-order chi connectivity index (χ1) is 9.22. The van der Waals surface area contributed by atoms with Crippen LogP contribution < -0.4 is 15.8 Å². The van der Waals surface area contributed by atoms with Crippen LogP contribution in [0.5, 0.6) is 5.75 Å². The molecule has 5 heteroatoms. The Kier molecular flexibility index (Phi) is 4.63. The summed E-state index contributed by atoms with van der Waals surface area (Å²) >= 11 is 0. The lowest BCUT2D eigenvalue weighted by Crippen LogP contribution is -2.44. The summed E-state index contributed by atoms with van der Waals surface area (Å²) in [5.74, 6) is 1.15. The Balaban J connectivity index is 1.96. The minimum Gasteiger partial charge on any atom is -0.497 e. The van der Waals surface area contributed by atoms with Crippen molar-refractivity contribution in [2.75, 3.05) is 32.1 Å². The molecule has 1 fully saturated rings. The highest BCUT2D eigenvalue weighted by Gasteiger charge is 2.22. The van der Waals surface area contributed by atoms with Crippen LogP contribution in [0.2, 0.25) is 0 Å². The number of piperidine rings is 1. The Morgan fingerprint density at radius 2 is 2.42 bits per heavy atom. The highest BCUT2D eigenvalue weighted by atomic mass is 16.5. The van der Waals surface area contributed by atoms with Crippen LogP contribution in [0.15, 0.2) is 24.3 Å². The molecule has 3 N–H and O–H groups in total. The van der Waals surface area contributed by atoms with Crippen molar-refractivity contribution in [3.05, 3.63) is 24.3 Å². The Bertz CT molecular complexity index is 436. The number of hydrogen-bond donors (Lipinski definition) is 2. The van der Waals surface area contributed by atoms with Crippen molar-refractivity contribution >= 4 is 11.7 Å². The lowest BCUT2D eigenvalue weighted by Gasteiger charge is -2.32. The van der Waals surface area contributed by atoms with Gasteiger partial charge in [-0.05, 0) is 37.4 Å². The average Bonchev–Trinajstić information content (AvgIpc) is 2.47. The summed E-state index contributed by atoms with van der Waals surface area (Å²) in [6.45, 7) is 2.18. The molecule has 1 aromatic carbocycles. The van der Waals surface area contributed by atoms with Crippen molar-refractivity contribution in [2.24, 2.45) is 11.7 Å². The van der Waals surface area contributed by atoms with Crippen LogP contribution in [0, 0.1) is 5.92 Å². The second kappa shape index (κ2) is 6.43. The van der Waals surface area contributed by atoms with Gasteiger partial charge in [0.25, 0.3) is 0 Å². The summed E-state index contributed by atoms with van der Waals surface area (Å²) in [6, 6.07) is 7.30. The molecule has 1 atom stereocenters. The monoisotopic (exact) mass is 263 g/mol. The fourth-order valence-electron chi connectivity index (χ4n) is 2.35. The molecule has 0 aromatic heterocycles. The second-order valence-corrected chi connectivity index (χ2v) is 4.85. The number of hydrogen-bond acceptors (Lipinski definition) is 3. The van der Waals surface area contributed by atoms with Crippen LogP contribution in [-0.2, 0) is 0 Å². The minimum absolute atomic E-state index is 0.0635. The summed E-state index contributed by atoms with van der Waals surface area (Å²) in [6.07, 6.45) is 2.13. The number of amides is 2. The van der Waals surface area contributed by atoms with Crippen molar-refractivity contribution in [3.63, 3.8) is 0 Å². The Hall–Kier alpha value is -1.75. The van der Waals surface area contributed by atoms with Crippen molar-refractivity contribution in [1.29, 1.82) is 0 Å². The quantitative estimate of drug-likeness (QED) is 0.875. The van der Waals surface area contributed by atoms with Gasteiger partial charge in [0, 0.05) is 24.8 Å². The van der Waals surface area contributed by atoms with E-state index in [-0.39, 0.29) is 6.03 Å². The SMILES string of the molecule is COc1cccc(NC(=O)N2CCCC(CN)C2)c1. The largest absolute Gasteiger partial charge is 0.497 e. The zero-order valence-corrected chi connectivity index (χ0v) is 11.3. The van der Waals surface area contributed by atoms with E-state index < -0.39 is 0 Å². The molecule has 1 aliphatic rings. The molecule has 0 spiro atoms. The Morgan fingerprint density at radius 1 is 1.58 bits per heavy atom. The number of carbonyl (C=O) groups is 1. The molecule has 1 aliphatic heterocycles. The van der Waals surface area contributed by atoms with E-state index in [1.807, 2.05) is 29.2 Å². The van der Waals surface area contributed by atoms with Gasteiger partial charge in [0.2, 0.25) is 0 Å². The van der Waals surface area contributed by atoms with Gasteiger partial charge in [0.05, 0.1) is 7.11 Å². The first-order valence-corrected chi connectivity index (χ1v) is 6.63. The molecular weight excluding hydrogens is 242 g/mol. The first-order valence-electron chi connectivity index (χ1n) is 6.63. The molecule has 1 unspecified atom stereocenters. The van der Waals surface area contributed by atoms with E-state index in [4.69, 9.17) is 10.5 Å². The number of rotatable bonds is 3. The molecule has 0 bridgehead atoms. The zero-order valence-electron chi connectivity index (χ0n) is 11.3. The molecule has 2 rings (SSSR count). The van der Waals surface area contributed by atoms with Crippen LogP contribution in [0.4, 0.5) is 10.5 Å². The van der Waals surface area contributed by atoms with Gasteiger partial charge in [-0.15, -0.1) is 0 Å². The molecule has 1 aromatic rings. The number of likely N-dealkylation sites (tertiary alicyclic amines) is 1. The molecular formula is C14H21N3O2. The summed E-state index contributed by atoms with van der Waals surface area (Å²) in [5.41, 5.74) is 6.43. The third kappa shape index (κ3) is 3.61. The van der Waals surface area contributed by atoms with E-state index in [1.54, 1.807) is 7.11 Å². The second-order valence-electron chi connectivity index (χ2n) is 4.85. The number of nitrogens with two attached hydrogens (primary N) is 1. The predicted molar refractivity (Wildman–Crippen MR) is 75.4 cm³/mol. The molecule has 104 valence electrons. The van der Waals surface area contributed by atoms with Gasteiger partial charge in [-0.3, -0.25) is 0 Å². The summed E-state index contributed by atoms with van der Waals surface area (Å²) in [4.78, 5) is 14.0. The van der Waals surface area contributed by atoms with Gasteiger partial charge in [-0.25, -0.2) is 4.79 Å². The third-order valence-corrected chi connectivity index (χ3v) is 3.46. The van der Waals surface area contributed by atoms with Crippen LogP contribution >= 0.6 is 0 Å². The van der Waals surface area contributed by atoms with Gasteiger partial charge in [0.1, 0.15) is 5.75 Å². The predicted octanol–water partition coefficient (Wildman–Crippen LogP) is 1.90. The number of ether oxygens (including phenoxy) is 1. The van der Waals surface area contributed by atoms with Gasteiger partial charge >= 0.3 is 6.03 Å². The fourth-order valence-corrected chi connectivity index (χ4v) is 2.35. The summed E-state index contributed by atoms with van der Waals surface area (Å²) in [5, 5.41) is 2.90. The maximum absolute atomic E-state index is 12.2. The van der Waals surface area contributed by atoms with Crippen molar-refractivity contribution < 1.29 is 9.53 Å². The van der Waals surface area contributed by atoms with Crippen molar-refractivity contribution in [1.82, 2.24) is 4.90 Å². The molecule has 2 amide bonds. The van der Waals surface area contributed by atoms with Gasteiger partial charge in [-0.1, -0.05) is 6.07 Å². The Labute approximate surface area is 113 Å². The normalized spacial score (nSPS) is 19.1. The maximum atomic E-state index is 12.2. The highest BCUT2D eigenvalue weighted by Crippen LogP contribution is 2.19. The first kappa shape index (κ1) is 13.7. The van der Waals surface area contributed by atoms with E-state index in [0.29, 0.717) is 12.5 Å². The van der Waals surface area contributed by atoms with E-state index >= 15 is 0 Å². The highest BCUT2D eigenvalue weighted by molar-refractivity contribution is 5.89. The lowest BCUT2D eigenvalue weighted by molar-refractivity contribution is 0.179. The van der Waals surface area contributed by atoms with Crippen LogP contribution in [-0.4, -0.2) is 37.7 Å². The average molecular weight is 263 g/mol. The zero-order chi connectivity index (χ0) is 13.7. The fraction of sp³-hybridized carbons (Fsp3) is 0.500. The number of nitrogens with one attached hydrogen (secondary N) is 1. The molecule has 1 heterocycles. The molecule has 0 saturated carbocycles. The van der Waals surface area contributed by atoms with Gasteiger partial charge in [-0.2, -0.15) is 0 Å². The molecule has 0 aliphatic carbocycles. The van der Waals surface area contributed by atoms with E-state index in [0.717, 1.165) is 37.4 Å². The molecule has 0 radical (unpaired) electrons. The molecule has 5 nitrogen and oxygen atoms in total. The van der Waals surface area contributed by atoms with E-state index in [9.17, 15) is 4.79 Å². The van der Waals surface area contributed by atoms with Crippen molar-refractivity contribution in [3.8, 4) is 5.75 Å². The van der Waals surface area contributed by atoms with Gasteiger partial charge < -0.3 is 20.7 Å². The molecule has 1 saturated heterocycles. The van der Waals surface area contributed by atoms with Crippen LogP contribution in [0.1, 0.15) is 12.8 Å². The minimum atomic E-state index is -0.0635. The van der Waals surface area contributed by atoms with Gasteiger partial charge in [0.15, 0.2) is 0 Å². The smallest absolute Gasteiger partial charge is 0.321 e. The van der Waals surface area contributed by atoms with Crippen LogP contribution in [0.25, 0.3) is 0 Å². The Morgan fingerprint density at radius 3 is 3.16 bits per heavy atom. The van der Waals surface area contributed by atoms with E-state index in [2.05, 4.69) is 5.32 Å². The number of anilines is 1. The number of benzene rings is 1. The molecule has 19 heavy (non-hydrogen) atoms. The third-order valence-electron chi connectivity index (χ3n) is 3.46. The standard InChI is InChI=1S/C14H21N3O2/c1-19-13-6-2-5-12(8-13)16-14(18)17-7-3-4-11(9-15)10-17/h2,5-6,8,11H,3-4,7,9-10,15H2,1H3,(H,16,18). The number of nitrogens with zero attached hydrogens (tertiary/aromatic N) is 1. The topological polar surface area (TPSA) is 67.6 Å². The summed E-state index contributed by atoms with van der Waals surface area (Å²) < 4.78 is 5.13. The summed E-state index contributed by atoms with van der Waals surface area (Å²) in [7, 11) is 1.61. The number of methoxy groups -OCH3 is 1. The number of carbonyl (C=O) groups excluding carboxylic acids is 1. The lowest BCUT2D eigenvalue weighted by atomic mass is 9.99. The van der Waals surface area contributed by atoms with E-state index in [1.165, 1.54) is 0 Å². The maximum Gasteiger partial charge on any atom is 0.321 e. The van der Waals surface area contributed by atoms with Crippen LogP contribution in [0.3, 0.4) is 0 Å².